The van der Waals surface area contributed by atoms with Gasteiger partial charge in [-0.05, 0) is 42.5 Å². The van der Waals surface area contributed by atoms with E-state index in [1.54, 1.807) is 0 Å². The van der Waals surface area contributed by atoms with E-state index in [0.717, 1.165) is 27.0 Å². The van der Waals surface area contributed by atoms with Gasteiger partial charge in [0.2, 0.25) is 5.91 Å². The van der Waals surface area contributed by atoms with Crippen molar-refractivity contribution in [1.82, 2.24) is 9.55 Å². The molecule has 0 saturated carbocycles. The van der Waals surface area contributed by atoms with Crippen molar-refractivity contribution in [3.8, 4) is 5.75 Å². The lowest BCUT2D eigenvalue weighted by Crippen LogP contribution is -2.24. The molecule has 2 heterocycles. The maximum absolute atomic E-state index is 12.9. The van der Waals surface area contributed by atoms with E-state index < -0.39 is 0 Å². The van der Waals surface area contributed by atoms with Crippen molar-refractivity contribution < 1.29 is 9.53 Å². The van der Waals surface area contributed by atoms with Crippen LogP contribution >= 0.6 is 27.5 Å². The van der Waals surface area contributed by atoms with Gasteiger partial charge in [-0.2, -0.15) is 0 Å². The molecule has 7 heteroatoms. The van der Waals surface area contributed by atoms with Gasteiger partial charge in [0.15, 0.2) is 0 Å². The Kier molecular flexibility index (Phi) is 5.89. The average Bonchev–Trinajstić information content (AvgIpc) is 3.36. The second kappa shape index (κ2) is 8.96. The van der Waals surface area contributed by atoms with Gasteiger partial charge in [-0.15, -0.1) is 0 Å². The Bertz CT molecular complexity index is 1290. The van der Waals surface area contributed by atoms with E-state index in [2.05, 4.69) is 26.6 Å². The van der Waals surface area contributed by atoms with Crippen molar-refractivity contribution in [2.24, 2.45) is 0 Å². The zero-order chi connectivity index (χ0) is 22.1. The summed E-state index contributed by atoms with van der Waals surface area (Å²) in [6, 6.07) is 23.4. The molecule has 1 fully saturated rings. The molecular formula is C25H21BrClN3O2. The summed E-state index contributed by atoms with van der Waals surface area (Å²) in [5, 5.41) is 0.592. The molecule has 1 amide bonds. The molecule has 1 unspecified atom stereocenters. The molecule has 1 atom stereocenters. The first-order valence-corrected chi connectivity index (χ1v) is 11.7. The summed E-state index contributed by atoms with van der Waals surface area (Å²) in [6.07, 6.45) is 0.432. The van der Waals surface area contributed by atoms with Gasteiger partial charge in [-0.25, -0.2) is 4.98 Å². The van der Waals surface area contributed by atoms with E-state index in [4.69, 9.17) is 21.3 Å². The fourth-order valence-corrected chi connectivity index (χ4v) is 4.80. The maximum Gasteiger partial charge on any atom is 0.227 e. The molecule has 32 heavy (non-hydrogen) atoms. The Morgan fingerprint density at radius 2 is 1.88 bits per heavy atom. The van der Waals surface area contributed by atoms with Crippen molar-refractivity contribution >= 4 is 50.2 Å². The van der Waals surface area contributed by atoms with Crippen LogP contribution in [0.2, 0.25) is 5.02 Å². The van der Waals surface area contributed by atoms with Gasteiger partial charge >= 0.3 is 0 Å². The first kappa shape index (κ1) is 21.0. The quantitative estimate of drug-likeness (QED) is 0.317. The molecule has 5 rings (SSSR count). The van der Waals surface area contributed by atoms with Gasteiger partial charge in [0, 0.05) is 29.0 Å². The molecule has 1 aromatic heterocycles. The number of hydrogen-bond donors (Lipinski definition) is 0. The predicted molar refractivity (Wildman–Crippen MR) is 131 cm³/mol. The van der Waals surface area contributed by atoms with Crippen molar-refractivity contribution in [3.05, 3.63) is 88.1 Å². The number of aromatic nitrogens is 2. The van der Waals surface area contributed by atoms with Crippen LogP contribution in [-0.4, -0.2) is 28.6 Å². The molecule has 162 valence electrons. The lowest BCUT2D eigenvalue weighted by molar-refractivity contribution is -0.117. The van der Waals surface area contributed by atoms with Crippen LogP contribution in [0.25, 0.3) is 11.0 Å². The van der Waals surface area contributed by atoms with Crippen molar-refractivity contribution in [1.29, 1.82) is 0 Å². The highest BCUT2D eigenvalue weighted by Crippen LogP contribution is 2.34. The number of ether oxygens (including phenoxy) is 1. The fraction of sp³-hybridized carbons (Fsp3) is 0.200. The smallest absolute Gasteiger partial charge is 0.227 e. The standard InChI is InChI=1S/C25H21BrClN3O2/c26-18-6-5-7-19(15-18)30-16-17(14-24(30)31)25-28-21-9-2-3-10-22(21)29(25)12-13-32-23-11-4-1-8-20(23)27/h1-11,15,17H,12-14,16H2. The molecule has 1 aliphatic rings. The number of carbonyl (C=O) groups excluding carboxylic acids is 1. The van der Waals surface area contributed by atoms with Crippen LogP contribution in [0.1, 0.15) is 18.2 Å². The molecule has 0 bridgehead atoms. The lowest BCUT2D eigenvalue weighted by Gasteiger charge is -2.18. The number of para-hydroxylation sites is 3. The minimum atomic E-state index is 0.00851. The third-order valence-corrected chi connectivity index (χ3v) is 6.51. The van der Waals surface area contributed by atoms with Crippen LogP contribution in [-0.2, 0) is 11.3 Å². The number of fused-ring (bicyclic) bond motifs is 1. The maximum atomic E-state index is 12.9. The summed E-state index contributed by atoms with van der Waals surface area (Å²) in [5.74, 6) is 1.70. The molecule has 1 saturated heterocycles. The second-order valence-electron chi connectivity index (χ2n) is 7.77. The molecule has 3 aromatic carbocycles. The third-order valence-electron chi connectivity index (χ3n) is 5.70. The van der Waals surface area contributed by atoms with Crippen LogP contribution in [0.3, 0.4) is 0 Å². The molecule has 0 aliphatic carbocycles. The van der Waals surface area contributed by atoms with Crippen LogP contribution < -0.4 is 9.64 Å². The molecule has 0 N–H and O–H groups in total. The highest BCUT2D eigenvalue weighted by atomic mass is 79.9. The van der Waals surface area contributed by atoms with Crippen LogP contribution in [0, 0.1) is 0 Å². The van der Waals surface area contributed by atoms with Crippen LogP contribution in [0.5, 0.6) is 5.75 Å². The second-order valence-corrected chi connectivity index (χ2v) is 9.10. The average molecular weight is 511 g/mol. The number of halogens is 2. The Morgan fingerprint density at radius 3 is 2.72 bits per heavy atom. The molecule has 0 spiro atoms. The van der Waals surface area contributed by atoms with E-state index >= 15 is 0 Å². The van der Waals surface area contributed by atoms with E-state index in [0.29, 0.717) is 36.9 Å². The number of hydrogen-bond acceptors (Lipinski definition) is 3. The summed E-state index contributed by atoms with van der Waals surface area (Å²) < 4.78 is 9.07. The number of carbonyl (C=O) groups is 1. The van der Waals surface area contributed by atoms with Crippen molar-refractivity contribution in [2.45, 2.75) is 18.9 Å². The Morgan fingerprint density at radius 1 is 1.06 bits per heavy atom. The Hall–Kier alpha value is -2.83. The van der Waals surface area contributed by atoms with Gasteiger partial charge in [0.05, 0.1) is 22.6 Å². The van der Waals surface area contributed by atoms with E-state index in [1.165, 1.54) is 0 Å². The molecule has 0 radical (unpaired) electrons. The van der Waals surface area contributed by atoms with E-state index in [-0.39, 0.29) is 11.8 Å². The highest BCUT2D eigenvalue weighted by Gasteiger charge is 2.34. The summed E-state index contributed by atoms with van der Waals surface area (Å²) in [6.45, 7) is 1.67. The number of benzene rings is 3. The number of rotatable bonds is 6. The van der Waals surface area contributed by atoms with Gasteiger partial charge in [-0.3, -0.25) is 4.79 Å². The largest absolute Gasteiger partial charge is 0.490 e. The summed E-state index contributed by atoms with van der Waals surface area (Å²) in [7, 11) is 0. The SMILES string of the molecule is O=C1CC(c2nc3ccccc3n2CCOc2ccccc2Cl)CN1c1cccc(Br)c1. The van der Waals surface area contributed by atoms with E-state index in [9.17, 15) is 4.79 Å². The highest BCUT2D eigenvalue weighted by molar-refractivity contribution is 9.10. The summed E-state index contributed by atoms with van der Waals surface area (Å²) in [5.41, 5.74) is 2.86. The van der Waals surface area contributed by atoms with Gasteiger partial charge in [-0.1, -0.05) is 57.9 Å². The summed E-state index contributed by atoms with van der Waals surface area (Å²) in [4.78, 5) is 19.6. The summed E-state index contributed by atoms with van der Waals surface area (Å²) >= 11 is 9.72. The monoisotopic (exact) mass is 509 g/mol. The molecule has 1 aliphatic heterocycles. The van der Waals surface area contributed by atoms with Crippen LogP contribution in [0.15, 0.2) is 77.3 Å². The lowest BCUT2D eigenvalue weighted by atomic mass is 10.1. The van der Waals surface area contributed by atoms with E-state index in [1.807, 2.05) is 71.6 Å². The van der Waals surface area contributed by atoms with Gasteiger partial charge < -0.3 is 14.2 Å². The minimum absolute atomic E-state index is 0.00851. The predicted octanol–water partition coefficient (Wildman–Crippen LogP) is 6.05. The van der Waals surface area contributed by atoms with Gasteiger partial charge in [0.1, 0.15) is 18.2 Å². The molecule has 4 aromatic rings. The minimum Gasteiger partial charge on any atom is -0.490 e. The van der Waals surface area contributed by atoms with Gasteiger partial charge in [0.25, 0.3) is 0 Å². The zero-order valence-electron chi connectivity index (χ0n) is 17.2. The molecular weight excluding hydrogens is 490 g/mol. The topological polar surface area (TPSA) is 47.4 Å². The number of imidazole rings is 1. The van der Waals surface area contributed by atoms with Crippen molar-refractivity contribution in [2.75, 3.05) is 18.1 Å². The van der Waals surface area contributed by atoms with Crippen LogP contribution in [0.4, 0.5) is 5.69 Å². The zero-order valence-corrected chi connectivity index (χ0v) is 19.6. The first-order valence-electron chi connectivity index (χ1n) is 10.5. The molecule has 5 nitrogen and oxygen atoms in total. The third kappa shape index (κ3) is 4.12. The Labute approximate surface area is 199 Å². The van der Waals surface area contributed by atoms with Crippen molar-refractivity contribution in [3.63, 3.8) is 0 Å². The number of nitrogens with zero attached hydrogens (tertiary/aromatic N) is 3. The number of anilines is 1. The fourth-order valence-electron chi connectivity index (χ4n) is 4.22. The number of amides is 1. The normalized spacial score (nSPS) is 16.1. The Balaban J connectivity index is 1.41. The first-order chi connectivity index (χ1) is 15.6.